The number of carbonyl (C=O) groups excluding carboxylic acids is 4. The minimum atomic E-state index is -1.39. The van der Waals surface area contributed by atoms with Crippen LogP contribution in [0.25, 0.3) is 0 Å². The summed E-state index contributed by atoms with van der Waals surface area (Å²) in [5.74, 6) is -2.16. The monoisotopic (exact) mass is 468 g/mol. The molecule has 0 saturated carbocycles. The number of rotatable bonds is 14. The molecule has 0 fully saturated rings. The van der Waals surface area contributed by atoms with E-state index in [4.69, 9.17) is 14.6 Å². The molecule has 1 aromatic rings. The van der Waals surface area contributed by atoms with Gasteiger partial charge in [0.25, 0.3) is 0 Å². The van der Waals surface area contributed by atoms with E-state index in [1.54, 1.807) is 24.3 Å². The molecule has 0 radical (unpaired) electrons. The normalized spacial score (nSPS) is 11.1. The fourth-order valence-corrected chi connectivity index (χ4v) is 2.25. The van der Waals surface area contributed by atoms with Crippen molar-refractivity contribution in [2.45, 2.75) is 19.6 Å². The van der Waals surface area contributed by atoms with Crippen LogP contribution in [0, 0.1) is 0 Å². The van der Waals surface area contributed by atoms with Crippen LogP contribution in [0.15, 0.2) is 24.3 Å². The van der Waals surface area contributed by atoms with E-state index in [2.05, 4.69) is 26.0 Å². The van der Waals surface area contributed by atoms with Gasteiger partial charge < -0.3 is 40.6 Å². The second kappa shape index (κ2) is 15.2. The fraction of sp³-hybridized carbons (Fsp3) is 0.450. The average molecular weight is 468 g/mol. The predicted molar refractivity (Wildman–Crippen MR) is 114 cm³/mol. The Kier molecular flexibility index (Phi) is 12.5. The highest BCUT2D eigenvalue weighted by molar-refractivity contribution is 5.95. The van der Waals surface area contributed by atoms with Crippen molar-refractivity contribution in [3.05, 3.63) is 29.8 Å². The maximum atomic E-state index is 12.0. The molecule has 0 aliphatic rings. The molecule has 182 valence electrons. The summed E-state index contributed by atoms with van der Waals surface area (Å²) in [6, 6.07) is 5.39. The number of amides is 4. The Bertz CT molecular complexity index is 814. The van der Waals surface area contributed by atoms with Gasteiger partial charge in [-0.25, -0.2) is 4.79 Å². The molecule has 0 aliphatic heterocycles. The Hall–Kier alpha value is -3.71. The molecule has 13 nitrogen and oxygen atoms in total. The number of hydrogen-bond donors (Lipinski definition) is 5. The second-order valence-electron chi connectivity index (χ2n) is 6.63. The lowest BCUT2D eigenvalue weighted by Crippen LogP contribution is -2.48. The van der Waals surface area contributed by atoms with Gasteiger partial charge in [0.2, 0.25) is 23.6 Å². The number of carbonyl (C=O) groups is 5. The topological polar surface area (TPSA) is 181 Å². The molecule has 13 heteroatoms. The summed E-state index contributed by atoms with van der Waals surface area (Å²) >= 11 is 0. The molecule has 0 bridgehead atoms. The van der Waals surface area contributed by atoms with E-state index in [0.29, 0.717) is 17.9 Å². The summed E-state index contributed by atoms with van der Waals surface area (Å²) in [5.41, 5.74) is 1.04. The molecule has 33 heavy (non-hydrogen) atoms. The Labute approximate surface area is 190 Å². The van der Waals surface area contributed by atoms with E-state index in [1.165, 1.54) is 14.0 Å². The maximum absolute atomic E-state index is 12.0. The lowest BCUT2D eigenvalue weighted by molar-refractivity contribution is -0.132. The van der Waals surface area contributed by atoms with Gasteiger partial charge in [-0.05, 0) is 24.6 Å². The molecule has 4 amide bonds. The minimum Gasteiger partial charge on any atom is -0.450 e. The summed E-state index contributed by atoms with van der Waals surface area (Å²) < 4.78 is 14.2. The Morgan fingerprint density at radius 2 is 1.61 bits per heavy atom. The zero-order chi connectivity index (χ0) is 24.6. The Morgan fingerprint density at radius 3 is 2.24 bits per heavy atom. The molecule has 1 rings (SSSR count). The first-order chi connectivity index (χ1) is 15.7. The van der Waals surface area contributed by atoms with Crippen LogP contribution >= 0.6 is 0 Å². The Morgan fingerprint density at radius 1 is 0.939 bits per heavy atom. The first kappa shape index (κ1) is 27.3. The maximum Gasteiger partial charge on any atom is 0.506 e. The largest absolute Gasteiger partial charge is 0.506 e. The van der Waals surface area contributed by atoms with Gasteiger partial charge in [0, 0.05) is 12.8 Å². The zero-order valence-electron chi connectivity index (χ0n) is 18.3. The van der Waals surface area contributed by atoms with Crippen molar-refractivity contribution in [3.63, 3.8) is 0 Å². The highest BCUT2D eigenvalue weighted by Crippen LogP contribution is 2.10. The predicted octanol–water partition coefficient (Wildman–Crippen LogP) is -0.780. The van der Waals surface area contributed by atoms with Crippen molar-refractivity contribution in [2.75, 3.05) is 45.3 Å². The number of benzene rings is 1. The molecule has 1 atom stereocenters. The van der Waals surface area contributed by atoms with E-state index in [-0.39, 0.29) is 32.9 Å². The first-order valence-electron chi connectivity index (χ1n) is 9.86. The molecule has 0 aliphatic carbocycles. The van der Waals surface area contributed by atoms with Gasteiger partial charge in [-0.3, -0.25) is 19.2 Å². The lowest BCUT2D eigenvalue weighted by atomic mass is 10.2. The van der Waals surface area contributed by atoms with Gasteiger partial charge in [-0.1, -0.05) is 12.1 Å². The summed E-state index contributed by atoms with van der Waals surface area (Å²) in [6.45, 7) is 0.981. The van der Waals surface area contributed by atoms with Crippen molar-refractivity contribution >= 4 is 35.5 Å². The van der Waals surface area contributed by atoms with Crippen molar-refractivity contribution < 1.29 is 43.3 Å². The number of anilines is 1. The third-order valence-corrected chi connectivity index (χ3v) is 3.91. The zero-order valence-corrected chi connectivity index (χ0v) is 18.3. The average Bonchev–Trinajstić information content (AvgIpc) is 2.78. The van der Waals surface area contributed by atoms with Crippen LogP contribution < -0.4 is 21.3 Å². The third-order valence-electron chi connectivity index (χ3n) is 3.91. The molecular weight excluding hydrogens is 440 g/mol. The molecule has 1 unspecified atom stereocenters. The van der Waals surface area contributed by atoms with E-state index in [9.17, 15) is 24.0 Å². The summed E-state index contributed by atoms with van der Waals surface area (Å²) in [7, 11) is 1.50. The van der Waals surface area contributed by atoms with Crippen LogP contribution in [0.1, 0.15) is 12.5 Å². The van der Waals surface area contributed by atoms with E-state index >= 15 is 0 Å². The van der Waals surface area contributed by atoms with Crippen LogP contribution in [0.5, 0.6) is 0 Å². The summed E-state index contributed by atoms with van der Waals surface area (Å²) in [5, 5.41) is 18.1. The van der Waals surface area contributed by atoms with E-state index < -0.39 is 35.8 Å². The summed E-state index contributed by atoms with van der Waals surface area (Å²) in [6.07, 6.45) is -1.39. The van der Waals surface area contributed by atoms with E-state index in [0.717, 1.165) is 0 Å². The molecule has 0 aromatic heterocycles. The number of carboxylic acid groups (broad SMARTS) is 1. The standard InChI is InChI=1S/C20H28N4O9/c1-13(23-18(27)12-32-8-7-31-2)19(28)22-9-16(25)21-10-17(26)24-15-5-3-14(4-6-15)11-33-20(29)30/h3-6,13H,7-12H2,1-2H3,(H,21,25)(H,22,28)(H,23,27)(H,24,26)(H,29,30). The van der Waals surface area contributed by atoms with Gasteiger partial charge in [-0.15, -0.1) is 0 Å². The highest BCUT2D eigenvalue weighted by Gasteiger charge is 2.16. The smallest absolute Gasteiger partial charge is 0.450 e. The third kappa shape index (κ3) is 12.7. The van der Waals surface area contributed by atoms with Crippen molar-refractivity contribution in [3.8, 4) is 0 Å². The van der Waals surface area contributed by atoms with Gasteiger partial charge >= 0.3 is 6.16 Å². The number of methoxy groups -OCH3 is 1. The number of hydrogen-bond acceptors (Lipinski definition) is 8. The second-order valence-corrected chi connectivity index (χ2v) is 6.63. The minimum absolute atomic E-state index is 0.115. The van der Waals surface area contributed by atoms with E-state index in [1.807, 2.05) is 0 Å². The van der Waals surface area contributed by atoms with Crippen LogP contribution in [0.2, 0.25) is 0 Å². The fourth-order valence-electron chi connectivity index (χ4n) is 2.25. The highest BCUT2D eigenvalue weighted by atomic mass is 16.7. The van der Waals surface area contributed by atoms with Crippen LogP contribution in [-0.2, 0) is 40.0 Å². The quantitative estimate of drug-likeness (QED) is 0.173. The molecular formula is C20H28N4O9. The van der Waals surface area contributed by atoms with Crippen LogP contribution in [0.3, 0.4) is 0 Å². The van der Waals surface area contributed by atoms with Crippen molar-refractivity contribution in [1.29, 1.82) is 0 Å². The molecule has 5 N–H and O–H groups in total. The van der Waals surface area contributed by atoms with Crippen molar-refractivity contribution in [2.24, 2.45) is 0 Å². The van der Waals surface area contributed by atoms with Crippen LogP contribution in [-0.4, -0.2) is 81.0 Å². The Balaban J connectivity index is 2.26. The molecule has 0 heterocycles. The van der Waals surface area contributed by atoms with Crippen molar-refractivity contribution in [1.82, 2.24) is 16.0 Å². The van der Waals surface area contributed by atoms with Gasteiger partial charge in [0.05, 0.1) is 26.3 Å². The van der Waals surface area contributed by atoms with Crippen LogP contribution in [0.4, 0.5) is 10.5 Å². The molecule has 0 saturated heterocycles. The molecule has 1 aromatic carbocycles. The lowest BCUT2D eigenvalue weighted by Gasteiger charge is -2.14. The first-order valence-corrected chi connectivity index (χ1v) is 9.86. The number of ether oxygens (including phenoxy) is 3. The van der Waals surface area contributed by atoms with Gasteiger partial charge in [0.1, 0.15) is 19.3 Å². The SMILES string of the molecule is COCCOCC(=O)NC(C)C(=O)NCC(=O)NCC(=O)Nc1ccc(COC(=O)O)cc1. The molecule has 0 spiro atoms. The van der Waals surface area contributed by atoms with Gasteiger partial charge in [0.15, 0.2) is 0 Å². The number of nitrogens with one attached hydrogen (secondary N) is 4. The summed E-state index contributed by atoms with van der Waals surface area (Å²) in [4.78, 5) is 57.7. The van der Waals surface area contributed by atoms with Gasteiger partial charge in [-0.2, -0.15) is 0 Å².